The van der Waals surface area contributed by atoms with Gasteiger partial charge in [0, 0.05) is 12.4 Å². The van der Waals surface area contributed by atoms with E-state index >= 15 is 0 Å². The summed E-state index contributed by atoms with van der Waals surface area (Å²) in [5.41, 5.74) is 7.94. The zero-order valence-corrected chi connectivity index (χ0v) is 11.5. The Bertz CT molecular complexity index is 851. The summed E-state index contributed by atoms with van der Waals surface area (Å²) < 4.78 is 0. The van der Waals surface area contributed by atoms with Crippen LogP contribution in [-0.2, 0) is 0 Å². The standard InChI is InChI=1S/C16H13N5/c1-21(14-9-5-2-6-11(14)10-17)15-12-7-3-4-8-13(12)19-16(18)20-15/h2-9H,1H3,(H2,18,19,20). The number of nitrogens with zero attached hydrogens (tertiary/aromatic N) is 4. The van der Waals surface area contributed by atoms with Gasteiger partial charge in [-0.2, -0.15) is 10.2 Å². The molecule has 1 heterocycles. The summed E-state index contributed by atoms with van der Waals surface area (Å²) >= 11 is 0. The van der Waals surface area contributed by atoms with Crippen LogP contribution in [0.4, 0.5) is 17.5 Å². The first-order valence-corrected chi connectivity index (χ1v) is 6.46. The molecule has 0 unspecified atom stereocenters. The molecule has 5 nitrogen and oxygen atoms in total. The van der Waals surface area contributed by atoms with Crippen molar-refractivity contribution in [2.24, 2.45) is 0 Å². The largest absolute Gasteiger partial charge is 0.368 e. The molecule has 3 aromatic rings. The summed E-state index contributed by atoms with van der Waals surface area (Å²) in [7, 11) is 1.87. The zero-order chi connectivity index (χ0) is 14.8. The summed E-state index contributed by atoms with van der Waals surface area (Å²) in [6, 6.07) is 17.2. The Morgan fingerprint density at radius 2 is 1.76 bits per heavy atom. The fraction of sp³-hybridized carbons (Fsp3) is 0.0625. The summed E-state index contributed by atoms with van der Waals surface area (Å²) in [6.45, 7) is 0. The Morgan fingerprint density at radius 3 is 2.57 bits per heavy atom. The van der Waals surface area contributed by atoms with Crippen LogP contribution in [0.1, 0.15) is 5.56 Å². The van der Waals surface area contributed by atoms with Crippen molar-refractivity contribution in [1.82, 2.24) is 9.97 Å². The lowest BCUT2D eigenvalue weighted by atomic mass is 10.1. The summed E-state index contributed by atoms with van der Waals surface area (Å²) in [5, 5.41) is 10.1. The average Bonchev–Trinajstić information content (AvgIpc) is 2.53. The van der Waals surface area contributed by atoms with Crippen molar-refractivity contribution >= 4 is 28.4 Å². The van der Waals surface area contributed by atoms with E-state index in [9.17, 15) is 5.26 Å². The maximum Gasteiger partial charge on any atom is 0.222 e. The van der Waals surface area contributed by atoms with Gasteiger partial charge in [0.2, 0.25) is 5.95 Å². The first-order chi connectivity index (χ1) is 10.2. The van der Waals surface area contributed by atoms with Crippen molar-refractivity contribution in [3.8, 4) is 6.07 Å². The molecule has 0 aliphatic heterocycles. The second-order valence-electron chi connectivity index (χ2n) is 4.61. The van der Waals surface area contributed by atoms with Crippen molar-refractivity contribution in [3.63, 3.8) is 0 Å². The van der Waals surface area contributed by atoms with E-state index in [2.05, 4.69) is 16.0 Å². The number of nitrogens with two attached hydrogens (primary N) is 1. The molecule has 0 amide bonds. The quantitative estimate of drug-likeness (QED) is 0.778. The summed E-state index contributed by atoms with van der Waals surface area (Å²) in [4.78, 5) is 10.4. The van der Waals surface area contributed by atoms with E-state index in [1.807, 2.05) is 54.4 Å². The molecule has 0 radical (unpaired) electrons. The van der Waals surface area contributed by atoms with E-state index in [0.29, 0.717) is 11.4 Å². The molecule has 0 atom stereocenters. The van der Waals surface area contributed by atoms with E-state index in [0.717, 1.165) is 16.6 Å². The Balaban J connectivity index is 2.23. The molecule has 0 fully saturated rings. The molecule has 0 aliphatic rings. The number of hydrogen-bond acceptors (Lipinski definition) is 5. The molecule has 0 aliphatic carbocycles. The minimum atomic E-state index is 0.213. The summed E-state index contributed by atoms with van der Waals surface area (Å²) in [6.07, 6.45) is 0. The highest BCUT2D eigenvalue weighted by Crippen LogP contribution is 2.30. The van der Waals surface area contributed by atoms with Crippen LogP contribution >= 0.6 is 0 Å². The SMILES string of the molecule is CN(c1ccccc1C#N)c1nc(N)nc2ccccc12. The van der Waals surface area contributed by atoms with E-state index in [1.165, 1.54) is 0 Å². The van der Waals surface area contributed by atoms with Gasteiger partial charge in [-0.1, -0.05) is 24.3 Å². The van der Waals surface area contributed by atoms with E-state index in [-0.39, 0.29) is 5.95 Å². The third-order valence-corrected chi connectivity index (χ3v) is 3.30. The molecule has 0 spiro atoms. The number of hydrogen-bond donors (Lipinski definition) is 1. The maximum atomic E-state index is 9.25. The first kappa shape index (κ1) is 12.9. The average molecular weight is 275 g/mol. The number of benzene rings is 2. The molecule has 5 heteroatoms. The Hall–Kier alpha value is -3.13. The minimum Gasteiger partial charge on any atom is -0.368 e. The summed E-state index contributed by atoms with van der Waals surface area (Å²) in [5.74, 6) is 0.894. The van der Waals surface area contributed by atoms with Gasteiger partial charge in [0.15, 0.2) is 0 Å². The van der Waals surface area contributed by atoms with Crippen LogP contribution < -0.4 is 10.6 Å². The topological polar surface area (TPSA) is 78.8 Å². The van der Waals surface area contributed by atoms with Gasteiger partial charge < -0.3 is 10.6 Å². The molecule has 2 N–H and O–H groups in total. The fourth-order valence-corrected chi connectivity index (χ4v) is 2.31. The lowest BCUT2D eigenvalue weighted by Gasteiger charge is -2.21. The van der Waals surface area contributed by atoms with Crippen LogP contribution in [0.25, 0.3) is 10.9 Å². The lowest BCUT2D eigenvalue weighted by molar-refractivity contribution is 1.12. The lowest BCUT2D eigenvalue weighted by Crippen LogP contribution is -2.14. The van der Waals surface area contributed by atoms with Crippen LogP contribution in [0.2, 0.25) is 0 Å². The molecule has 3 rings (SSSR count). The normalized spacial score (nSPS) is 10.3. The minimum absolute atomic E-state index is 0.213. The number of aromatic nitrogens is 2. The van der Waals surface area contributed by atoms with E-state index in [1.54, 1.807) is 6.07 Å². The Labute approximate surface area is 122 Å². The van der Waals surface area contributed by atoms with Gasteiger partial charge in [-0.05, 0) is 24.3 Å². The van der Waals surface area contributed by atoms with Crippen LogP contribution in [0.5, 0.6) is 0 Å². The second-order valence-corrected chi connectivity index (χ2v) is 4.61. The molecule has 0 saturated carbocycles. The number of anilines is 3. The van der Waals surface area contributed by atoms with Gasteiger partial charge in [0.05, 0.1) is 16.8 Å². The van der Waals surface area contributed by atoms with Crippen LogP contribution in [-0.4, -0.2) is 17.0 Å². The smallest absolute Gasteiger partial charge is 0.222 e. The number of nitriles is 1. The zero-order valence-electron chi connectivity index (χ0n) is 11.5. The van der Waals surface area contributed by atoms with Gasteiger partial charge in [0.25, 0.3) is 0 Å². The highest BCUT2D eigenvalue weighted by molar-refractivity contribution is 5.92. The monoisotopic (exact) mass is 275 g/mol. The van der Waals surface area contributed by atoms with Crippen LogP contribution in [0.15, 0.2) is 48.5 Å². The van der Waals surface area contributed by atoms with Crippen molar-refractivity contribution < 1.29 is 0 Å². The van der Waals surface area contributed by atoms with Gasteiger partial charge in [0.1, 0.15) is 11.9 Å². The van der Waals surface area contributed by atoms with Crippen LogP contribution in [0, 0.1) is 11.3 Å². The van der Waals surface area contributed by atoms with Gasteiger partial charge >= 0.3 is 0 Å². The van der Waals surface area contributed by atoms with Gasteiger partial charge in [-0.15, -0.1) is 0 Å². The van der Waals surface area contributed by atoms with E-state index in [4.69, 9.17) is 5.73 Å². The number of rotatable bonds is 2. The third kappa shape index (κ3) is 2.23. The van der Waals surface area contributed by atoms with E-state index < -0.39 is 0 Å². The molecule has 1 aromatic heterocycles. The van der Waals surface area contributed by atoms with Crippen LogP contribution in [0.3, 0.4) is 0 Å². The predicted molar refractivity (Wildman–Crippen MR) is 83.2 cm³/mol. The number of fused-ring (bicyclic) bond motifs is 1. The maximum absolute atomic E-state index is 9.25. The molecular weight excluding hydrogens is 262 g/mol. The predicted octanol–water partition coefficient (Wildman–Crippen LogP) is 2.85. The molecule has 0 bridgehead atoms. The second kappa shape index (κ2) is 5.10. The van der Waals surface area contributed by atoms with Gasteiger partial charge in [-0.25, -0.2) is 4.98 Å². The fourth-order valence-electron chi connectivity index (χ4n) is 2.31. The highest BCUT2D eigenvalue weighted by atomic mass is 15.2. The molecular formula is C16H13N5. The number of nitrogen functional groups attached to an aromatic ring is 1. The first-order valence-electron chi connectivity index (χ1n) is 6.46. The van der Waals surface area contributed by atoms with Crippen molar-refractivity contribution in [3.05, 3.63) is 54.1 Å². The Kier molecular flexibility index (Phi) is 3.13. The van der Waals surface area contributed by atoms with Crippen molar-refractivity contribution in [2.45, 2.75) is 0 Å². The van der Waals surface area contributed by atoms with Gasteiger partial charge in [-0.3, -0.25) is 0 Å². The molecule has 2 aromatic carbocycles. The number of para-hydroxylation sites is 2. The van der Waals surface area contributed by atoms with Crippen molar-refractivity contribution in [1.29, 1.82) is 5.26 Å². The third-order valence-electron chi connectivity index (χ3n) is 3.30. The molecule has 21 heavy (non-hydrogen) atoms. The van der Waals surface area contributed by atoms with Crippen molar-refractivity contribution in [2.75, 3.05) is 17.7 Å². The molecule has 0 saturated heterocycles. The molecule has 102 valence electrons. The Morgan fingerprint density at radius 1 is 1.05 bits per heavy atom. The highest BCUT2D eigenvalue weighted by Gasteiger charge is 2.14.